The highest BCUT2D eigenvalue weighted by Gasteiger charge is 2.47. The molecular formula is C23H26ClN7O3. The lowest BCUT2D eigenvalue weighted by Crippen LogP contribution is -2.51. The molecule has 4 aliphatic rings. The van der Waals surface area contributed by atoms with Crippen LogP contribution in [0, 0.1) is 17.8 Å². The third-order valence-corrected chi connectivity index (χ3v) is 7.67. The van der Waals surface area contributed by atoms with Crippen molar-refractivity contribution >= 4 is 40.2 Å². The van der Waals surface area contributed by atoms with Gasteiger partial charge in [-0.1, -0.05) is 11.6 Å². The second-order valence-corrected chi connectivity index (χ2v) is 9.80. The molecule has 4 heterocycles. The number of hydrogen-bond donors (Lipinski definition) is 3. The van der Waals surface area contributed by atoms with Crippen LogP contribution in [-0.2, 0) is 9.53 Å². The zero-order chi connectivity index (χ0) is 23.2. The Morgan fingerprint density at radius 1 is 1.15 bits per heavy atom. The van der Waals surface area contributed by atoms with Gasteiger partial charge in [-0.25, -0.2) is 15.0 Å². The highest BCUT2D eigenvalue weighted by Crippen LogP contribution is 2.46. The van der Waals surface area contributed by atoms with Gasteiger partial charge in [-0.2, -0.15) is 5.10 Å². The van der Waals surface area contributed by atoms with Crippen molar-refractivity contribution in [2.45, 2.75) is 31.7 Å². The number of rotatable bonds is 5. The summed E-state index contributed by atoms with van der Waals surface area (Å²) in [6.07, 6.45) is 5.64. The molecule has 3 aliphatic carbocycles. The summed E-state index contributed by atoms with van der Waals surface area (Å²) < 4.78 is 5.51. The number of carboxylic acids is 1. The van der Waals surface area contributed by atoms with Gasteiger partial charge in [0.2, 0.25) is 0 Å². The molecule has 34 heavy (non-hydrogen) atoms. The number of aromatic amines is 1. The summed E-state index contributed by atoms with van der Waals surface area (Å²) in [5, 5.41) is 22.1. The van der Waals surface area contributed by atoms with E-state index in [0.29, 0.717) is 47.1 Å². The van der Waals surface area contributed by atoms with Gasteiger partial charge in [0.05, 0.1) is 29.5 Å². The number of fused-ring (bicyclic) bond motifs is 4. The first-order valence-corrected chi connectivity index (χ1v) is 12.2. The maximum atomic E-state index is 12.2. The highest BCUT2D eigenvalue weighted by atomic mass is 35.5. The summed E-state index contributed by atoms with van der Waals surface area (Å²) in [7, 11) is 0. The molecule has 0 amide bonds. The van der Waals surface area contributed by atoms with Gasteiger partial charge < -0.3 is 20.1 Å². The summed E-state index contributed by atoms with van der Waals surface area (Å²) in [5.41, 5.74) is 1.16. The SMILES string of the molecule is O=C(O)C1C2CCC(CC2)C1Nc1cc(N2CCOCC2)nc(-c2n[nH]c3ncc(Cl)cc23)n1. The van der Waals surface area contributed by atoms with Gasteiger partial charge in [0.15, 0.2) is 11.5 Å². The Balaban J connectivity index is 1.41. The van der Waals surface area contributed by atoms with Crippen molar-refractivity contribution in [3.63, 3.8) is 0 Å². The maximum Gasteiger partial charge on any atom is 0.308 e. The Hall–Kier alpha value is -2.98. The van der Waals surface area contributed by atoms with Gasteiger partial charge in [-0.05, 0) is 43.6 Å². The van der Waals surface area contributed by atoms with E-state index < -0.39 is 11.9 Å². The molecule has 2 atom stereocenters. The number of halogens is 1. The molecule has 1 aliphatic heterocycles. The van der Waals surface area contributed by atoms with Gasteiger partial charge in [0, 0.05) is 31.4 Å². The average molecular weight is 484 g/mol. The molecule has 3 aromatic heterocycles. The Bertz CT molecular complexity index is 1220. The van der Waals surface area contributed by atoms with Gasteiger partial charge in [0.1, 0.15) is 17.3 Å². The van der Waals surface area contributed by atoms with Gasteiger partial charge in [-0.15, -0.1) is 0 Å². The lowest BCUT2D eigenvalue weighted by atomic mass is 9.61. The number of ether oxygens (including phenoxy) is 1. The second kappa shape index (κ2) is 8.66. The van der Waals surface area contributed by atoms with E-state index >= 15 is 0 Å². The number of nitrogens with one attached hydrogen (secondary N) is 2. The Labute approximate surface area is 201 Å². The minimum Gasteiger partial charge on any atom is -0.481 e. The summed E-state index contributed by atoms with van der Waals surface area (Å²) in [5.74, 6) is 1.21. The van der Waals surface area contributed by atoms with Crippen LogP contribution in [0.2, 0.25) is 5.02 Å². The van der Waals surface area contributed by atoms with Crippen LogP contribution in [-0.4, -0.2) is 68.6 Å². The number of nitrogens with zero attached hydrogens (tertiary/aromatic N) is 5. The molecule has 0 radical (unpaired) electrons. The molecule has 3 aromatic rings. The monoisotopic (exact) mass is 483 g/mol. The van der Waals surface area contributed by atoms with E-state index in [9.17, 15) is 9.90 Å². The van der Waals surface area contributed by atoms with Crippen molar-refractivity contribution in [2.24, 2.45) is 17.8 Å². The van der Waals surface area contributed by atoms with E-state index in [1.165, 1.54) is 0 Å². The van der Waals surface area contributed by atoms with Crippen LogP contribution in [0.1, 0.15) is 25.7 Å². The molecule has 178 valence electrons. The summed E-state index contributed by atoms with van der Waals surface area (Å²) >= 11 is 6.19. The number of carboxylic acid groups (broad SMARTS) is 1. The van der Waals surface area contributed by atoms with Crippen molar-refractivity contribution in [2.75, 3.05) is 36.5 Å². The van der Waals surface area contributed by atoms with Gasteiger partial charge in [0.25, 0.3) is 0 Å². The molecule has 3 N–H and O–H groups in total. The van der Waals surface area contributed by atoms with Crippen molar-refractivity contribution in [3.05, 3.63) is 23.4 Å². The lowest BCUT2D eigenvalue weighted by Gasteiger charge is -2.47. The van der Waals surface area contributed by atoms with Crippen LogP contribution in [0.25, 0.3) is 22.6 Å². The van der Waals surface area contributed by atoms with E-state index in [2.05, 4.69) is 25.4 Å². The molecular weight excluding hydrogens is 458 g/mol. The minimum atomic E-state index is -0.728. The predicted octanol–water partition coefficient (Wildman–Crippen LogP) is 3.21. The first-order valence-electron chi connectivity index (χ1n) is 11.8. The normalized spacial score (nSPS) is 26.7. The van der Waals surface area contributed by atoms with Crippen LogP contribution in [0.3, 0.4) is 0 Å². The van der Waals surface area contributed by atoms with E-state index in [0.717, 1.165) is 50.0 Å². The quantitative estimate of drug-likeness (QED) is 0.500. The third kappa shape index (κ3) is 3.84. The molecule has 10 nitrogen and oxygen atoms in total. The predicted molar refractivity (Wildman–Crippen MR) is 127 cm³/mol. The molecule has 4 fully saturated rings. The lowest BCUT2D eigenvalue weighted by molar-refractivity contribution is -0.148. The number of anilines is 2. The summed E-state index contributed by atoms with van der Waals surface area (Å²) in [6, 6.07) is 3.55. The Kier molecular flexibility index (Phi) is 5.49. The molecule has 3 saturated carbocycles. The standard InChI is InChI=1S/C23H26ClN7O3/c24-14-9-15-20(29-30-21(15)25-11-14)22-27-16(10-17(28-22)31-5-7-34-8-6-31)26-19-13-3-1-12(2-4-13)18(19)23(32)33/h9-13,18-19H,1-8H2,(H,32,33)(H,25,29,30)(H,26,27,28). The fraction of sp³-hybridized carbons (Fsp3) is 0.522. The average Bonchev–Trinajstić information content (AvgIpc) is 3.28. The van der Waals surface area contributed by atoms with E-state index in [1.807, 2.05) is 6.07 Å². The molecule has 11 heteroatoms. The fourth-order valence-electron chi connectivity index (χ4n) is 5.80. The van der Waals surface area contributed by atoms with Crippen LogP contribution in [0.15, 0.2) is 18.3 Å². The van der Waals surface area contributed by atoms with Crippen molar-refractivity contribution in [3.8, 4) is 11.5 Å². The zero-order valence-electron chi connectivity index (χ0n) is 18.6. The van der Waals surface area contributed by atoms with Crippen molar-refractivity contribution in [1.82, 2.24) is 25.1 Å². The number of aromatic nitrogens is 5. The summed E-state index contributed by atoms with van der Waals surface area (Å²) in [4.78, 5) is 28.2. The highest BCUT2D eigenvalue weighted by molar-refractivity contribution is 6.31. The second-order valence-electron chi connectivity index (χ2n) is 9.37. The number of pyridine rings is 1. The molecule has 2 bridgehead atoms. The van der Waals surface area contributed by atoms with Crippen LogP contribution >= 0.6 is 11.6 Å². The Morgan fingerprint density at radius 3 is 2.68 bits per heavy atom. The zero-order valence-corrected chi connectivity index (χ0v) is 19.3. The topological polar surface area (TPSA) is 129 Å². The number of aliphatic carboxylic acids is 1. The first-order chi connectivity index (χ1) is 16.6. The number of H-pyrrole nitrogens is 1. The van der Waals surface area contributed by atoms with Gasteiger partial charge in [-0.3, -0.25) is 9.89 Å². The fourth-order valence-corrected chi connectivity index (χ4v) is 5.96. The molecule has 2 unspecified atom stereocenters. The smallest absolute Gasteiger partial charge is 0.308 e. The first kappa shape index (κ1) is 21.5. The number of hydrogen-bond acceptors (Lipinski definition) is 8. The van der Waals surface area contributed by atoms with E-state index in [-0.39, 0.29) is 12.0 Å². The largest absolute Gasteiger partial charge is 0.481 e. The van der Waals surface area contributed by atoms with Crippen LogP contribution in [0.4, 0.5) is 11.6 Å². The molecule has 0 spiro atoms. The van der Waals surface area contributed by atoms with Crippen LogP contribution in [0.5, 0.6) is 0 Å². The maximum absolute atomic E-state index is 12.2. The van der Waals surface area contributed by atoms with E-state index in [4.69, 9.17) is 26.3 Å². The summed E-state index contributed by atoms with van der Waals surface area (Å²) in [6.45, 7) is 2.69. The minimum absolute atomic E-state index is 0.155. The van der Waals surface area contributed by atoms with E-state index in [1.54, 1.807) is 12.3 Å². The third-order valence-electron chi connectivity index (χ3n) is 7.46. The molecule has 0 aromatic carbocycles. The number of morpholine rings is 1. The van der Waals surface area contributed by atoms with Crippen LogP contribution < -0.4 is 10.2 Å². The van der Waals surface area contributed by atoms with Gasteiger partial charge >= 0.3 is 5.97 Å². The molecule has 1 saturated heterocycles. The number of carbonyl (C=O) groups is 1. The molecule has 7 rings (SSSR count). The van der Waals surface area contributed by atoms with Crippen molar-refractivity contribution in [1.29, 1.82) is 0 Å². The Morgan fingerprint density at radius 2 is 1.91 bits per heavy atom. The van der Waals surface area contributed by atoms with Crippen molar-refractivity contribution < 1.29 is 14.6 Å².